The molecular formula is C10H14N6S. The van der Waals surface area contributed by atoms with Gasteiger partial charge in [0.1, 0.15) is 11.6 Å². The van der Waals surface area contributed by atoms with Gasteiger partial charge in [-0.05, 0) is 11.4 Å². The fraction of sp³-hybridized carbons (Fsp3) is 0.200. The molecule has 0 aromatic carbocycles. The molecule has 17 heavy (non-hydrogen) atoms. The fourth-order valence-corrected chi connectivity index (χ4v) is 2.20. The van der Waals surface area contributed by atoms with Crippen molar-refractivity contribution in [1.82, 2.24) is 9.97 Å². The van der Waals surface area contributed by atoms with Gasteiger partial charge in [-0.3, -0.25) is 0 Å². The van der Waals surface area contributed by atoms with Gasteiger partial charge >= 0.3 is 0 Å². The van der Waals surface area contributed by atoms with Crippen LogP contribution in [0.5, 0.6) is 0 Å². The molecule has 0 unspecified atom stereocenters. The third-order valence-electron chi connectivity index (χ3n) is 2.24. The smallest absolute Gasteiger partial charge is 0.223 e. The molecule has 7 heteroatoms. The summed E-state index contributed by atoms with van der Waals surface area (Å²) in [7, 11) is 1.95. The number of nitrogens with one attached hydrogen (secondary N) is 1. The number of nitrogens with two attached hydrogens (primary N) is 2. The van der Waals surface area contributed by atoms with Crippen molar-refractivity contribution in [3.05, 3.63) is 28.5 Å². The van der Waals surface area contributed by atoms with E-state index >= 15 is 0 Å². The van der Waals surface area contributed by atoms with E-state index in [2.05, 4.69) is 21.5 Å². The van der Waals surface area contributed by atoms with Crippen LogP contribution in [0, 0.1) is 0 Å². The lowest BCUT2D eigenvalue weighted by molar-refractivity contribution is 0.907. The molecule has 0 radical (unpaired) electrons. The van der Waals surface area contributed by atoms with Crippen LogP contribution in [0.4, 0.5) is 17.6 Å². The third kappa shape index (κ3) is 2.83. The van der Waals surface area contributed by atoms with Crippen LogP contribution in [-0.2, 0) is 6.54 Å². The molecule has 2 aromatic rings. The van der Waals surface area contributed by atoms with Crippen LogP contribution in [0.1, 0.15) is 4.88 Å². The Hall–Kier alpha value is -1.86. The summed E-state index contributed by atoms with van der Waals surface area (Å²) in [5.41, 5.74) is 8.07. The third-order valence-corrected chi connectivity index (χ3v) is 3.10. The minimum atomic E-state index is 0.202. The van der Waals surface area contributed by atoms with Crippen LogP contribution in [0.25, 0.3) is 0 Å². The average Bonchev–Trinajstić information content (AvgIpc) is 2.81. The molecule has 5 N–H and O–H groups in total. The molecule has 0 saturated carbocycles. The zero-order chi connectivity index (χ0) is 12.3. The molecule has 0 bridgehead atoms. The van der Waals surface area contributed by atoms with Crippen LogP contribution < -0.4 is 21.9 Å². The number of hydrazine groups is 1. The SMILES string of the molecule is CN(Cc1cccs1)c1cc(NN)nc(N)n1. The number of aromatic nitrogens is 2. The lowest BCUT2D eigenvalue weighted by Gasteiger charge is -2.17. The lowest BCUT2D eigenvalue weighted by atomic mass is 10.4. The van der Waals surface area contributed by atoms with E-state index in [0.717, 1.165) is 12.4 Å². The van der Waals surface area contributed by atoms with Crippen LogP contribution in [-0.4, -0.2) is 17.0 Å². The standard InChI is InChI=1S/C10H14N6S/c1-16(6-7-3-2-4-17-7)9-5-8(15-12)13-10(11)14-9/h2-5H,6,12H2,1H3,(H3,11,13,14,15). The predicted molar refractivity (Wildman–Crippen MR) is 70.7 cm³/mol. The Kier molecular flexibility index (Phi) is 3.40. The monoisotopic (exact) mass is 250 g/mol. The summed E-state index contributed by atoms with van der Waals surface area (Å²) in [6.07, 6.45) is 0. The fourth-order valence-electron chi connectivity index (χ4n) is 1.44. The molecular weight excluding hydrogens is 236 g/mol. The number of nitrogen functional groups attached to an aromatic ring is 2. The Bertz CT molecular complexity index is 484. The zero-order valence-electron chi connectivity index (χ0n) is 9.42. The summed E-state index contributed by atoms with van der Waals surface area (Å²) in [6.45, 7) is 0.776. The molecule has 2 heterocycles. The minimum absolute atomic E-state index is 0.202. The molecule has 2 rings (SSSR count). The van der Waals surface area contributed by atoms with Crippen LogP contribution in [0.15, 0.2) is 23.6 Å². The van der Waals surface area contributed by atoms with Crippen molar-refractivity contribution in [2.45, 2.75) is 6.54 Å². The largest absolute Gasteiger partial charge is 0.368 e. The van der Waals surface area contributed by atoms with Gasteiger partial charge in [0.15, 0.2) is 0 Å². The lowest BCUT2D eigenvalue weighted by Crippen LogP contribution is -2.19. The Balaban J connectivity index is 2.18. The maximum atomic E-state index is 5.60. The van der Waals surface area contributed by atoms with Gasteiger partial charge in [-0.1, -0.05) is 6.07 Å². The Morgan fingerprint density at radius 1 is 1.47 bits per heavy atom. The number of nitrogens with zero attached hydrogens (tertiary/aromatic N) is 3. The summed E-state index contributed by atoms with van der Waals surface area (Å²) in [6, 6.07) is 5.85. The van der Waals surface area contributed by atoms with Gasteiger partial charge in [0, 0.05) is 18.0 Å². The van der Waals surface area contributed by atoms with E-state index in [0.29, 0.717) is 5.82 Å². The molecule has 90 valence electrons. The highest BCUT2D eigenvalue weighted by Crippen LogP contribution is 2.19. The maximum absolute atomic E-state index is 5.60. The second kappa shape index (κ2) is 4.98. The van der Waals surface area contributed by atoms with Crippen molar-refractivity contribution in [2.75, 3.05) is 23.1 Å². The van der Waals surface area contributed by atoms with Crippen LogP contribution in [0.2, 0.25) is 0 Å². The zero-order valence-corrected chi connectivity index (χ0v) is 10.2. The first-order valence-corrected chi connectivity index (χ1v) is 5.91. The molecule has 0 saturated heterocycles. The second-order valence-electron chi connectivity index (χ2n) is 3.55. The van der Waals surface area contributed by atoms with Crippen LogP contribution >= 0.6 is 11.3 Å². The minimum Gasteiger partial charge on any atom is -0.368 e. The van der Waals surface area contributed by atoms with Crippen molar-refractivity contribution in [2.24, 2.45) is 5.84 Å². The molecule has 0 aliphatic rings. The number of hydrogen-bond donors (Lipinski definition) is 3. The van der Waals surface area contributed by atoms with E-state index < -0.39 is 0 Å². The van der Waals surface area contributed by atoms with Crippen molar-refractivity contribution in [3.63, 3.8) is 0 Å². The van der Waals surface area contributed by atoms with Crippen LogP contribution in [0.3, 0.4) is 0 Å². The Morgan fingerprint density at radius 2 is 2.29 bits per heavy atom. The number of rotatable bonds is 4. The van der Waals surface area contributed by atoms with E-state index in [-0.39, 0.29) is 5.95 Å². The van der Waals surface area contributed by atoms with Crippen molar-refractivity contribution in [3.8, 4) is 0 Å². The van der Waals surface area contributed by atoms with E-state index in [1.807, 2.05) is 23.4 Å². The first kappa shape index (κ1) is 11.6. The molecule has 0 aliphatic carbocycles. The first-order chi connectivity index (χ1) is 8.19. The van der Waals surface area contributed by atoms with Gasteiger partial charge in [-0.15, -0.1) is 11.3 Å². The average molecular weight is 250 g/mol. The van der Waals surface area contributed by atoms with E-state index in [4.69, 9.17) is 11.6 Å². The van der Waals surface area contributed by atoms with Gasteiger partial charge in [-0.2, -0.15) is 9.97 Å². The van der Waals surface area contributed by atoms with Crippen molar-refractivity contribution >= 4 is 28.9 Å². The van der Waals surface area contributed by atoms with E-state index in [9.17, 15) is 0 Å². The van der Waals surface area contributed by atoms with E-state index in [1.165, 1.54) is 4.88 Å². The van der Waals surface area contributed by atoms with Gasteiger partial charge in [0.05, 0.1) is 6.54 Å². The molecule has 0 atom stereocenters. The summed E-state index contributed by atoms with van der Waals surface area (Å²) in [5.74, 6) is 6.75. The first-order valence-electron chi connectivity index (χ1n) is 5.03. The predicted octanol–water partition coefficient (Wildman–Crippen LogP) is 1.04. The van der Waals surface area contributed by atoms with Gasteiger partial charge in [-0.25, -0.2) is 5.84 Å². The van der Waals surface area contributed by atoms with Gasteiger partial charge in [0.2, 0.25) is 5.95 Å². The Morgan fingerprint density at radius 3 is 2.94 bits per heavy atom. The second-order valence-corrected chi connectivity index (χ2v) is 4.58. The number of thiophene rings is 1. The number of anilines is 3. The maximum Gasteiger partial charge on any atom is 0.223 e. The highest BCUT2D eigenvalue weighted by atomic mass is 32.1. The molecule has 6 nitrogen and oxygen atoms in total. The summed E-state index contributed by atoms with van der Waals surface area (Å²) in [4.78, 5) is 11.3. The topological polar surface area (TPSA) is 93.1 Å². The molecule has 0 amide bonds. The summed E-state index contributed by atoms with van der Waals surface area (Å²) < 4.78 is 0. The summed E-state index contributed by atoms with van der Waals surface area (Å²) in [5, 5.41) is 2.05. The van der Waals surface area contributed by atoms with Crippen molar-refractivity contribution < 1.29 is 0 Å². The highest BCUT2D eigenvalue weighted by Gasteiger charge is 2.07. The molecule has 0 fully saturated rings. The normalized spacial score (nSPS) is 10.2. The van der Waals surface area contributed by atoms with Gasteiger partial charge in [0.25, 0.3) is 0 Å². The molecule has 0 spiro atoms. The molecule has 2 aromatic heterocycles. The van der Waals surface area contributed by atoms with Crippen molar-refractivity contribution in [1.29, 1.82) is 0 Å². The summed E-state index contributed by atoms with van der Waals surface area (Å²) >= 11 is 1.70. The quantitative estimate of drug-likeness (QED) is 0.554. The highest BCUT2D eigenvalue weighted by molar-refractivity contribution is 7.09. The van der Waals surface area contributed by atoms with E-state index in [1.54, 1.807) is 17.4 Å². The Labute approximate surface area is 103 Å². The number of hydrogen-bond acceptors (Lipinski definition) is 7. The molecule has 0 aliphatic heterocycles. The van der Waals surface area contributed by atoms with Gasteiger partial charge < -0.3 is 16.1 Å².